The Hall–Kier alpha value is -2.35. The number of amides is 1. The van der Waals surface area contributed by atoms with E-state index in [1.54, 1.807) is 17.0 Å². The molecule has 2 aromatic carbocycles. The zero-order valence-electron chi connectivity index (χ0n) is 17.1. The van der Waals surface area contributed by atoms with E-state index in [0.29, 0.717) is 54.0 Å². The summed E-state index contributed by atoms with van der Waals surface area (Å²) in [4.78, 5) is 27.0. The van der Waals surface area contributed by atoms with Crippen LogP contribution in [0.3, 0.4) is 0 Å². The molecule has 4 rings (SSSR count). The van der Waals surface area contributed by atoms with Gasteiger partial charge in [-0.1, -0.05) is 41.0 Å². The average Bonchev–Trinajstić information content (AvgIpc) is 2.81. The molecule has 1 saturated heterocycles. The molecule has 9 heteroatoms. The molecular weight excluding hydrogens is 473 g/mol. The first-order valence-corrected chi connectivity index (χ1v) is 11.7. The second kappa shape index (κ2) is 10.1. The van der Waals surface area contributed by atoms with Crippen molar-refractivity contribution < 1.29 is 24.2 Å². The molecule has 2 aliphatic heterocycles. The number of nitrogens with zero attached hydrogens (tertiary/aromatic N) is 1. The molecule has 1 N–H and O–H groups in total. The SMILES string of the molecule is O=C(O)C1CCCN(C(=O)C=Cc2ccc(Sc3ccc4c(c3)OCCO4)c(Cl)c2Cl)C1. The number of fused-ring (bicyclic) bond motifs is 1. The lowest BCUT2D eigenvalue weighted by molar-refractivity contribution is -0.144. The van der Waals surface area contributed by atoms with Crippen molar-refractivity contribution in [1.29, 1.82) is 0 Å². The molecule has 0 bridgehead atoms. The first-order valence-electron chi connectivity index (χ1n) is 10.2. The van der Waals surface area contributed by atoms with Gasteiger partial charge < -0.3 is 19.5 Å². The van der Waals surface area contributed by atoms with E-state index < -0.39 is 11.9 Å². The number of benzene rings is 2. The summed E-state index contributed by atoms with van der Waals surface area (Å²) in [5, 5.41) is 9.94. The number of rotatable bonds is 5. The molecule has 1 fully saturated rings. The van der Waals surface area contributed by atoms with Gasteiger partial charge in [0.05, 0.1) is 16.0 Å². The van der Waals surface area contributed by atoms with Gasteiger partial charge in [-0.2, -0.15) is 0 Å². The van der Waals surface area contributed by atoms with Gasteiger partial charge >= 0.3 is 5.97 Å². The number of halogens is 2. The van der Waals surface area contributed by atoms with E-state index >= 15 is 0 Å². The highest BCUT2D eigenvalue weighted by atomic mass is 35.5. The van der Waals surface area contributed by atoms with Crippen LogP contribution in [0.2, 0.25) is 10.0 Å². The average molecular weight is 494 g/mol. The maximum absolute atomic E-state index is 12.5. The summed E-state index contributed by atoms with van der Waals surface area (Å²) in [7, 11) is 0. The number of hydrogen-bond donors (Lipinski definition) is 1. The molecule has 2 heterocycles. The first-order chi connectivity index (χ1) is 15.4. The van der Waals surface area contributed by atoms with Crippen LogP contribution < -0.4 is 9.47 Å². The topological polar surface area (TPSA) is 76.1 Å². The minimum absolute atomic E-state index is 0.220. The molecule has 0 saturated carbocycles. The van der Waals surface area contributed by atoms with Gasteiger partial charge in [0.15, 0.2) is 11.5 Å². The van der Waals surface area contributed by atoms with Gasteiger partial charge in [-0.25, -0.2) is 0 Å². The standard InChI is InChI=1S/C23H21Cl2NO5S/c24-21-14(4-8-20(27)26-9-1-2-15(13-26)23(28)29)3-7-19(22(21)25)32-16-5-6-17-18(12-16)31-11-10-30-17/h3-8,12,15H,1-2,9-11,13H2,(H,28,29). The van der Waals surface area contributed by atoms with Crippen molar-refractivity contribution in [2.75, 3.05) is 26.3 Å². The van der Waals surface area contributed by atoms with Gasteiger partial charge in [-0.05, 0) is 48.7 Å². The van der Waals surface area contributed by atoms with Crippen LogP contribution in [-0.4, -0.2) is 48.2 Å². The van der Waals surface area contributed by atoms with Crippen LogP contribution in [0.15, 0.2) is 46.2 Å². The molecule has 0 aromatic heterocycles. The lowest BCUT2D eigenvalue weighted by atomic mass is 9.98. The maximum atomic E-state index is 12.5. The number of carboxylic acids is 1. The van der Waals surface area contributed by atoms with Crippen LogP contribution in [0.1, 0.15) is 18.4 Å². The Morgan fingerprint density at radius 1 is 1.09 bits per heavy atom. The van der Waals surface area contributed by atoms with Gasteiger partial charge in [0.1, 0.15) is 13.2 Å². The Kier molecular flexibility index (Phi) is 7.18. The van der Waals surface area contributed by atoms with Crippen molar-refractivity contribution in [3.63, 3.8) is 0 Å². The van der Waals surface area contributed by atoms with Gasteiger partial charge in [0, 0.05) is 29.0 Å². The van der Waals surface area contributed by atoms with E-state index in [4.69, 9.17) is 32.7 Å². The number of piperidine rings is 1. The Labute approximate surface area is 200 Å². The second-order valence-corrected chi connectivity index (χ2v) is 9.35. The fraction of sp³-hybridized carbons (Fsp3) is 0.304. The summed E-state index contributed by atoms with van der Waals surface area (Å²) in [6.07, 6.45) is 4.29. The highest BCUT2D eigenvalue weighted by Crippen LogP contribution is 2.42. The van der Waals surface area contributed by atoms with Crippen molar-refractivity contribution in [3.05, 3.63) is 52.0 Å². The Morgan fingerprint density at radius 2 is 1.88 bits per heavy atom. The lowest BCUT2D eigenvalue weighted by Gasteiger charge is -2.29. The number of ether oxygens (including phenoxy) is 2. The Bertz CT molecular complexity index is 1070. The van der Waals surface area contributed by atoms with Crippen LogP contribution >= 0.6 is 35.0 Å². The monoisotopic (exact) mass is 493 g/mol. The Balaban J connectivity index is 1.45. The molecule has 1 atom stereocenters. The van der Waals surface area contributed by atoms with Crippen molar-refractivity contribution in [3.8, 4) is 11.5 Å². The predicted molar refractivity (Wildman–Crippen MR) is 124 cm³/mol. The van der Waals surface area contributed by atoms with E-state index in [2.05, 4.69) is 0 Å². The third-order valence-corrected chi connectivity index (χ3v) is 7.36. The third kappa shape index (κ3) is 5.17. The minimum atomic E-state index is -0.868. The molecule has 0 aliphatic carbocycles. The van der Waals surface area contributed by atoms with Crippen molar-refractivity contribution in [2.45, 2.75) is 22.6 Å². The largest absolute Gasteiger partial charge is 0.486 e. The summed E-state index contributed by atoms with van der Waals surface area (Å²) in [6, 6.07) is 9.34. The summed E-state index contributed by atoms with van der Waals surface area (Å²) < 4.78 is 11.2. The lowest BCUT2D eigenvalue weighted by Crippen LogP contribution is -2.41. The zero-order chi connectivity index (χ0) is 22.7. The van der Waals surface area contributed by atoms with Crippen LogP contribution in [0.5, 0.6) is 11.5 Å². The molecular formula is C23H21Cl2NO5S. The van der Waals surface area contributed by atoms with Gasteiger partial charge in [-0.15, -0.1) is 0 Å². The highest BCUT2D eigenvalue weighted by Gasteiger charge is 2.27. The molecule has 1 amide bonds. The predicted octanol–water partition coefficient (Wildman–Crippen LogP) is 5.25. The highest BCUT2D eigenvalue weighted by molar-refractivity contribution is 7.99. The fourth-order valence-electron chi connectivity index (χ4n) is 3.61. The van der Waals surface area contributed by atoms with E-state index in [1.165, 1.54) is 17.8 Å². The normalized spacial score (nSPS) is 18.1. The molecule has 2 aliphatic rings. The third-order valence-electron chi connectivity index (χ3n) is 5.31. The van der Waals surface area contributed by atoms with E-state index in [0.717, 1.165) is 15.5 Å². The van der Waals surface area contributed by atoms with Crippen LogP contribution in [-0.2, 0) is 9.59 Å². The van der Waals surface area contributed by atoms with Gasteiger partial charge in [0.25, 0.3) is 0 Å². The van der Waals surface area contributed by atoms with E-state index in [9.17, 15) is 14.7 Å². The zero-order valence-corrected chi connectivity index (χ0v) is 19.4. The number of aliphatic carboxylic acids is 1. The van der Waals surface area contributed by atoms with Gasteiger partial charge in [0.2, 0.25) is 5.91 Å². The number of carbonyl (C=O) groups is 2. The number of carbonyl (C=O) groups excluding carboxylic acids is 1. The van der Waals surface area contributed by atoms with E-state index in [1.807, 2.05) is 24.3 Å². The fourth-order valence-corrected chi connectivity index (χ4v) is 5.07. The minimum Gasteiger partial charge on any atom is -0.486 e. The summed E-state index contributed by atoms with van der Waals surface area (Å²) in [6.45, 7) is 1.82. The number of likely N-dealkylation sites (tertiary alicyclic amines) is 1. The summed E-state index contributed by atoms with van der Waals surface area (Å²) >= 11 is 14.4. The molecule has 0 radical (unpaired) electrons. The number of hydrogen-bond acceptors (Lipinski definition) is 5. The van der Waals surface area contributed by atoms with Crippen molar-refractivity contribution in [2.24, 2.45) is 5.92 Å². The van der Waals surface area contributed by atoms with E-state index in [-0.39, 0.29) is 12.5 Å². The molecule has 2 aromatic rings. The molecule has 6 nitrogen and oxygen atoms in total. The smallest absolute Gasteiger partial charge is 0.308 e. The van der Waals surface area contributed by atoms with Crippen molar-refractivity contribution in [1.82, 2.24) is 4.90 Å². The van der Waals surface area contributed by atoms with Crippen LogP contribution in [0, 0.1) is 5.92 Å². The van der Waals surface area contributed by atoms with Crippen molar-refractivity contribution >= 4 is 52.9 Å². The van der Waals surface area contributed by atoms with Gasteiger partial charge in [-0.3, -0.25) is 9.59 Å². The van der Waals surface area contributed by atoms with Crippen LogP contribution in [0.4, 0.5) is 0 Å². The van der Waals surface area contributed by atoms with Crippen LogP contribution in [0.25, 0.3) is 6.08 Å². The summed E-state index contributed by atoms with van der Waals surface area (Å²) in [5.74, 6) is -0.205. The summed E-state index contributed by atoms with van der Waals surface area (Å²) in [5.41, 5.74) is 0.614. The maximum Gasteiger partial charge on any atom is 0.308 e. The quantitative estimate of drug-likeness (QED) is 0.573. The number of carboxylic acid groups (broad SMARTS) is 1. The molecule has 32 heavy (non-hydrogen) atoms. The molecule has 168 valence electrons. The second-order valence-electron chi connectivity index (χ2n) is 7.48. The molecule has 0 spiro atoms. The first kappa shape index (κ1) is 22.8. The molecule has 1 unspecified atom stereocenters. The Morgan fingerprint density at radius 3 is 2.66 bits per heavy atom.